The van der Waals surface area contributed by atoms with E-state index in [-0.39, 0.29) is 28.5 Å². The van der Waals surface area contributed by atoms with Crippen molar-refractivity contribution >= 4 is 41.1 Å². The number of halogens is 1. The molecule has 10 nitrogen and oxygen atoms in total. The Labute approximate surface area is 125 Å². The molecule has 0 aliphatic heterocycles. The maximum atomic E-state index is 11.9. The Bertz CT molecular complexity index is 601. The number of nitrogens with zero attached hydrogens (tertiary/aromatic N) is 3. The average Bonchev–Trinajstić information content (AvgIpc) is 2.31. The number of rotatable bonds is 2. The number of amides is 3. The first kappa shape index (κ1) is 16.4. The van der Waals surface area contributed by atoms with E-state index in [4.69, 9.17) is 28.8 Å². The molecule has 0 saturated heterocycles. The normalized spacial score (nSPS) is 11.3. The summed E-state index contributed by atoms with van der Waals surface area (Å²) in [6.45, 7) is 3.49. The zero-order chi connectivity index (χ0) is 16.2. The van der Waals surface area contributed by atoms with Crippen LogP contribution in [0, 0.1) is 0 Å². The van der Waals surface area contributed by atoms with E-state index in [1.165, 1.54) is 0 Å². The van der Waals surface area contributed by atoms with Crippen LogP contribution in [0.25, 0.3) is 0 Å². The van der Waals surface area contributed by atoms with Crippen LogP contribution < -0.4 is 27.8 Å². The number of nitrogen functional groups attached to an aromatic ring is 2. The number of aliphatic imine (C=N–C) groups is 1. The van der Waals surface area contributed by atoms with E-state index in [9.17, 15) is 9.59 Å². The SMILES string of the molecule is CC(C)NC(=O)N=C(N)NC(=O)c1nc(Cl)c(N)nc1N. The Morgan fingerprint density at radius 1 is 1.24 bits per heavy atom. The molecule has 0 fully saturated rings. The Morgan fingerprint density at radius 2 is 1.86 bits per heavy atom. The van der Waals surface area contributed by atoms with E-state index in [0.29, 0.717) is 0 Å². The summed E-state index contributed by atoms with van der Waals surface area (Å²) in [6, 6.07) is -0.820. The summed E-state index contributed by atoms with van der Waals surface area (Å²) >= 11 is 5.65. The van der Waals surface area contributed by atoms with Crippen molar-refractivity contribution in [2.24, 2.45) is 10.7 Å². The van der Waals surface area contributed by atoms with E-state index in [1.807, 2.05) is 0 Å². The minimum absolute atomic E-state index is 0.108. The van der Waals surface area contributed by atoms with E-state index >= 15 is 0 Å². The Morgan fingerprint density at radius 3 is 2.43 bits per heavy atom. The number of anilines is 2. The molecule has 0 atom stereocenters. The molecule has 3 amide bonds. The molecule has 0 spiro atoms. The zero-order valence-electron chi connectivity index (χ0n) is 11.3. The minimum Gasteiger partial charge on any atom is -0.382 e. The number of aromatic nitrogens is 2. The fourth-order valence-electron chi connectivity index (χ4n) is 1.20. The lowest BCUT2D eigenvalue weighted by Crippen LogP contribution is -2.40. The molecule has 0 aliphatic rings. The second kappa shape index (κ2) is 6.70. The van der Waals surface area contributed by atoms with Crippen LogP contribution in [0.5, 0.6) is 0 Å². The molecule has 0 saturated carbocycles. The van der Waals surface area contributed by atoms with E-state index in [0.717, 1.165) is 0 Å². The van der Waals surface area contributed by atoms with Crippen molar-refractivity contribution in [3.05, 3.63) is 10.8 Å². The average molecular weight is 315 g/mol. The van der Waals surface area contributed by atoms with Gasteiger partial charge in [0, 0.05) is 6.04 Å². The maximum Gasteiger partial charge on any atom is 0.344 e. The van der Waals surface area contributed by atoms with Crippen molar-refractivity contribution in [1.82, 2.24) is 20.6 Å². The molecule has 0 aliphatic carbocycles. The van der Waals surface area contributed by atoms with Crippen LogP contribution in [0.1, 0.15) is 24.3 Å². The zero-order valence-corrected chi connectivity index (χ0v) is 12.1. The van der Waals surface area contributed by atoms with E-state index in [1.54, 1.807) is 13.8 Å². The second-order valence-corrected chi connectivity index (χ2v) is 4.55. The van der Waals surface area contributed by atoms with Gasteiger partial charge in [-0.1, -0.05) is 11.6 Å². The van der Waals surface area contributed by atoms with Gasteiger partial charge in [0.25, 0.3) is 5.91 Å². The molecule has 0 bridgehead atoms. The lowest BCUT2D eigenvalue weighted by atomic mass is 10.4. The molecule has 1 aromatic heterocycles. The molecule has 1 aromatic rings. The highest BCUT2D eigenvalue weighted by molar-refractivity contribution is 6.31. The number of carbonyl (C=O) groups is 2. The highest BCUT2D eigenvalue weighted by atomic mass is 35.5. The fraction of sp³-hybridized carbons (Fsp3) is 0.300. The van der Waals surface area contributed by atoms with Crippen LogP contribution in [0.3, 0.4) is 0 Å². The summed E-state index contributed by atoms with van der Waals surface area (Å²) in [5.74, 6) is -1.58. The third-order valence-electron chi connectivity index (χ3n) is 2.00. The van der Waals surface area contributed by atoms with Crippen molar-refractivity contribution in [3.8, 4) is 0 Å². The number of guanidine groups is 1. The molecule has 1 rings (SSSR count). The fourth-order valence-corrected chi connectivity index (χ4v) is 1.33. The van der Waals surface area contributed by atoms with Crippen molar-refractivity contribution in [1.29, 1.82) is 0 Å². The molecular weight excluding hydrogens is 300 g/mol. The lowest BCUT2D eigenvalue weighted by molar-refractivity contribution is 0.0972. The molecule has 11 heteroatoms. The quantitative estimate of drug-likeness (QED) is 0.359. The van der Waals surface area contributed by atoms with Gasteiger partial charge in [0.2, 0.25) is 5.96 Å². The predicted molar refractivity (Wildman–Crippen MR) is 78.6 cm³/mol. The monoisotopic (exact) mass is 314 g/mol. The van der Waals surface area contributed by atoms with Crippen molar-refractivity contribution in [2.75, 3.05) is 11.5 Å². The molecule has 114 valence electrons. The summed E-state index contributed by atoms with van der Waals surface area (Å²) in [7, 11) is 0. The largest absolute Gasteiger partial charge is 0.382 e. The smallest absolute Gasteiger partial charge is 0.344 e. The van der Waals surface area contributed by atoms with Gasteiger partial charge in [0.1, 0.15) is 0 Å². The Hall–Kier alpha value is -2.62. The van der Waals surface area contributed by atoms with Gasteiger partial charge >= 0.3 is 6.03 Å². The van der Waals surface area contributed by atoms with Crippen LogP contribution in [0.2, 0.25) is 5.15 Å². The number of hydrogen-bond acceptors (Lipinski definition) is 6. The molecule has 8 N–H and O–H groups in total. The van der Waals surface area contributed by atoms with Crippen LogP contribution >= 0.6 is 11.6 Å². The van der Waals surface area contributed by atoms with Gasteiger partial charge in [-0.25, -0.2) is 14.8 Å². The first-order valence-electron chi connectivity index (χ1n) is 5.75. The van der Waals surface area contributed by atoms with Gasteiger partial charge in [-0.2, -0.15) is 4.99 Å². The number of nitrogens with two attached hydrogens (primary N) is 3. The van der Waals surface area contributed by atoms with Crippen molar-refractivity contribution < 1.29 is 9.59 Å². The van der Waals surface area contributed by atoms with E-state index < -0.39 is 17.9 Å². The van der Waals surface area contributed by atoms with Gasteiger partial charge in [-0.05, 0) is 13.8 Å². The Kier molecular flexibility index (Phi) is 5.24. The number of urea groups is 1. The van der Waals surface area contributed by atoms with Crippen molar-refractivity contribution in [3.63, 3.8) is 0 Å². The summed E-state index contributed by atoms with van der Waals surface area (Å²) in [5, 5.41) is 4.42. The van der Waals surface area contributed by atoms with Crippen LogP contribution in [0.4, 0.5) is 16.4 Å². The summed E-state index contributed by atoms with van der Waals surface area (Å²) in [6.07, 6.45) is 0. The van der Waals surface area contributed by atoms with Gasteiger partial charge < -0.3 is 22.5 Å². The predicted octanol–water partition coefficient (Wildman–Crippen LogP) is -0.543. The summed E-state index contributed by atoms with van der Waals surface area (Å²) in [4.78, 5) is 33.9. The van der Waals surface area contributed by atoms with Crippen LogP contribution in [-0.2, 0) is 0 Å². The van der Waals surface area contributed by atoms with Gasteiger partial charge in [0.05, 0.1) is 0 Å². The highest BCUT2D eigenvalue weighted by Crippen LogP contribution is 2.16. The minimum atomic E-state index is -0.819. The molecule has 21 heavy (non-hydrogen) atoms. The standard InChI is InChI=1S/C10H15ClN8O2/c1-3(2)15-10(21)19-9(14)18-8(20)4-6(12)17-7(13)5(11)16-4/h3H,1-2H3,(H4,12,13,17)(H4,14,15,18,19,20,21). The number of carbonyl (C=O) groups excluding carboxylic acids is 2. The van der Waals surface area contributed by atoms with E-state index in [2.05, 4.69) is 25.6 Å². The second-order valence-electron chi connectivity index (χ2n) is 4.19. The summed E-state index contributed by atoms with van der Waals surface area (Å²) in [5.41, 5.74) is 16.0. The maximum absolute atomic E-state index is 11.9. The molecule has 0 unspecified atom stereocenters. The molecular formula is C10H15ClN8O2. The third kappa shape index (κ3) is 4.76. The number of hydrogen-bond donors (Lipinski definition) is 5. The molecule has 0 aromatic carbocycles. The topological polar surface area (TPSA) is 174 Å². The number of nitrogens with one attached hydrogen (secondary N) is 2. The molecule has 0 radical (unpaired) electrons. The van der Waals surface area contributed by atoms with Gasteiger partial charge in [0.15, 0.2) is 22.5 Å². The summed E-state index contributed by atoms with van der Waals surface area (Å²) < 4.78 is 0. The third-order valence-corrected chi connectivity index (χ3v) is 2.27. The van der Waals surface area contributed by atoms with Crippen molar-refractivity contribution in [2.45, 2.75) is 19.9 Å². The Balaban J connectivity index is 2.84. The molecule has 1 heterocycles. The van der Waals surface area contributed by atoms with Crippen LogP contribution in [-0.4, -0.2) is 33.9 Å². The highest BCUT2D eigenvalue weighted by Gasteiger charge is 2.17. The lowest BCUT2D eigenvalue weighted by Gasteiger charge is -2.08. The first-order valence-corrected chi connectivity index (χ1v) is 6.13. The van der Waals surface area contributed by atoms with Gasteiger partial charge in [-0.3, -0.25) is 10.1 Å². The first-order chi connectivity index (χ1) is 9.70. The van der Waals surface area contributed by atoms with Gasteiger partial charge in [-0.15, -0.1) is 0 Å². The van der Waals surface area contributed by atoms with Crippen LogP contribution in [0.15, 0.2) is 4.99 Å².